The lowest BCUT2D eigenvalue weighted by Crippen LogP contribution is -2.42. The maximum absolute atomic E-state index is 9.86. The Morgan fingerprint density at radius 3 is 2.80 bits per heavy atom. The van der Waals surface area contributed by atoms with Gasteiger partial charge in [-0.25, -0.2) is 9.97 Å². The van der Waals surface area contributed by atoms with Crippen molar-refractivity contribution in [1.29, 1.82) is 0 Å². The highest BCUT2D eigenvalue weighted by molar-refractivity contribution is 5.50. The topological polar surface area (TPSA) is 61.3 Å². The van der Waals surface area contributed by atoms with Crippen LogP contribution in [-0.2, 0) is 0 Å². The molecule has 1 aromatic rings. The van der Waals surface area contributed by atoms with Gasteiger partial charge in [0.2, 0.25) is 0 Å². The van der Waals surface area contributed by atoms with Gasteiger partial charge in [-0.3, -0.25) is 0 Å². The zero-order valence-electron chi connectivity index (χ0n) is 12.3. The summed E-state index contributed by atoms with van der Waals surface area (Å²) < 4.78 is 0. The highest BCUT2D eigenvalue weighted by Gasteiger charge is 2.29. The smallest absolute Gasteiger partial charge is 0.136 e. The van der Waals surface area contributed by atoms with Crippen LogP contribution in [0, 0.1) is 5.92 Å². The molecule has 1 aliphatic heterocycles. The summed E-state index contributed by atoms with van der Waals surface area (Å²) in [5.74, 6) is 3.78. The Morgan fingerprint density at radius 1 is 1.35 bits per heavy atom. The Kier molecular flexibility index (Phi) is 3.78. The number of anilines is 2. The van der Waals surface area contributed by atoms with Crippen LogP contribution in [0.15, 0.2) is 6.07 Å². The van der Waals surface area contributed by atoms with Gasteiger partial charge < -0.3 is 15.3 Å². The standard InChI is InChI=1S/C15H24N4O/c1-3-16-13-8-14(18-15(17-13)11-4-5-11)19-7-6-12(20)10(2)9-19/h8,10-12,20H,3-7,9H2,1-2H3,(H,16,17,18). The van der Waals surface area contributed by atoms with Gasteiger partial charge in [0.05, 0.1) is 6.10 Å². The maximum Gasteiger partial charge on any atom is 0.136 e. The Labute approximate surface area is 120 Å². The lowest BCUT2D eigenvalue weighted by Gasteiger charge is -2.35. The monoisotopic (exact) mass is 276 g/mol. The van der Waals surface area contributed by atoms with Gasteiger partial charge in [0.25, 0.3) is 0 Å². The second kappa shape index (κ2) is 5.56. The third-order valence-corrected chi connectivity index (χ3v) is 4.21. The van der Waals surface area contributed by atoms with E-state index >= 15 is 0 Å². The summed E-state index contributed by atoms with van der Waals surface area (Å²) >= 11 is 0. The van der Waals surface area contributed by atoms with Crippen molar-refractivity contribution < 1.29 is 5.11 Å². The van der Waals surface area contributed by atoms with E-state index < -0.39 is 0 Å². The van der Waals surface area contributed by atoms with E-state index in [1.54, 1.807) is 0 Å². The van der Waals surface area contributed by atoms with E-state index in [0.29, 0.717) is 11.8 Å². The first-order valence-electron chi connectivity index (χ1n) is 7.73. The van der Waals surface area contributed by atoms with Crippen LogP contribution in [0.1, 0.15) is 44.9 Å². The molecule has 1 aliphatic carbocycles. The number of hydrogen-bond donors (Lipinski definition) is 2. The lowest BCUT2D eigenvalue weighted by molar-refractivity contribution is 0.0969. The third-order valence-electron chi connectivity index (χ3n) is 4.21. The van der Waals surface area contributed by atoms with Gasteiger partial charge in [-0.2, -0.15) is 0 Å². The first-order valence-corrected chi connectivity index (χ1v) is 7.73. The summed E-state index contributed by atoms with van der Waals surface area (Å²) in [5, 5.41) is 13.2. The number of aromatic nitrogens is 2. The molecule has 2 heterocycles. The minimum absolute atomic E-state index is 0.177. The summed E-state index contributed by atoms with van der Waals surface area (Å²) in [4.78, 5) is 11.7. The Balaban J connectivity index is 1.83. The second-order valence-electron chi connectivity index (χ2n) is 6.05. The number of piperidine rings is 1. The van der Waals surface area contributed by atoms with Crippen LogP contribution in [0.25, 0.3) is 0 Å². The third kappa shape index (κ3) is 2.87. The van der Waals surface area contributed by atoms with Crippen molar-refractivity contribution in [3.63, 3.8) is 0 Å². The minimum Gasteiger partial charge on any atom is -0.393 e. The summed E-state index contributed by atoms with van der Waals surface area (Å²) in [7, 11) is 0. The van der Waals surface area contributed by atoms with Gasteiger partial charge >= 0.3 is 0 Å². The van der Waals surface area contributed by atoms with Crippen molar-refractivity contribution in [3.05, 3.63) is 11.9 Å². The minimum atomic E-state index is -0.177. The fourth-order valence-corrected chi connectivity index (χ4v) is 2.75. The summed E-state index contributed by atoms with van der Waals surface area (Å²) in [6.45, 7) is 6.80. The highest BCUT2D eigenvalue weighted by Crippen LogP contribution is 2.39. The van der Waals surface area contributed by atoms with Crippen LogP contribution >= 0.6 is 0 Å². The van der Waals surface area contributed by atoms with Crippen molar-refractivity contribution >= 4 is 11.6 Å². The van der Waals surface area contributed by atoms with E-state index in [9.17, 15) is 5.11 Å². The van der Waals surface area contributed by atoms with Crippen molar-refractivity contribution in [3.8, 4) is 0 Å². The number of aliphatic hydroxyl groups excluding tert-OH is 1. The molecule has 110 valence electrons. The van der Waals surface area contributed by atoms with Crippen LogP contribution in [0.3, 0.4) is 0 Å². The van der Waals surface area contributed by atoms with Crippen LogP contribution < -0.4 is 10.2 Å². The van der Waals surface area contributed by atoms with E-state index in [-0.39, 0.29) is 6.10 Å². The zero-order valence-corrected chi connectivity index (χ0v) is 12.3. The largest absolute Gasteiger partial charge is 0.393 e. The molecule has 5 heteroatoms. The molecule has 1 aromatic heterocycles. The molecule has 0 radical (unpaired) electrons. The quantitative estimate of drug-likeness (QED) is 0.880. The summed E-state index contributed by atoms with van der Waals surface area (Å²) in [6.07, 6.45) is 3.07. The van der Waals surface area contributed by atoms with Gasteiger partial charge in [-0.05, 0) is 32.1 Å². The average Bonchev–Trinajstić information content (AvgIpc) is 3.26. The highest BCUT2D eigenvalue weighted by atomic mass is 16.3. The van der Waals surface area contributed by atoms with Crippen molar-refractivity contribution in [2.75, 3.05) is 29.9 Å². The number of hydrogen-bond acceptors (Lipinski definition) is 5. The molecule has 5 nitrogen and oxygen atoms in total. The van der Waals surface area contributed by atoms with E-state index in [1.807, 2.05) is 6.07 Å². The number of nitrogens with one attached hydrogen (secondary N) is 1. The maximum atomic E-state index is 9.86. The van der Waals surface area contributed by atoms with Gasteiger partial charge in [0.15, 0.2) is 0 Å². The second-order valence-corrected chi connectivity index (χ2v) is 6.05. The number of nitrogens with zero attached hydrogens (tertiary/aromatic N) is 3. The molecule has 3 rings (SSSR count). The predicted octanol–water partition coefficient (Wildman–Crippen LogP) is 1.99. The molecule has 20 heavy (non-hydrogen) atoms. The molecule has 2 aliphatic rings. The van der Waals surface area contributed by atoms with Gasteiger partial charge in [0, 0.05) is 31.6 Å². The first kappa shape index (κ1) is 13.6. The molecule has 2 atom stereocenters. The molecule has 0 aromatic carbocycles. The summed E-state index contributed by atoms with van der Waals surface area (Å²) in [6, 6.07) is 2.04. The number of rotatable bonds is 4. The van der Waals surface area contributed by atoms with Crippen LogP contribution in [0.4, 0.5) is 11.6 Å². The molecule has 2 unspecified atom stereocenters. The van der Waals surface area contributed by atoms with Gasteiger partial charge in [0.1, 0.15) is 17.5 Å². The fourth-order valence-electron chi connectivity index (χ4n) is 2.75. The predicted molar refractivity (Wildman–Crippen MR) is 80.2 cm³/mol. The first-order chi connectivity index (χ1) is 9.67. The molecular weight excluding hydrogens is 252 g/mol. The SMILES string of the molecule is CCNc1cc(N2CCC(O)C(C)C2)nc(C2CC2)n1. The Bertz CT molecular complexity index is 475. The fraction of sp³-hybridized carbons (Fsp3) is 0.733. The Hall–Kier alpha value is -1.36. The van der Waals surface area contributed by atoms with Crippen molar-refractivity contribution in [1.82, 2.24) is 9.97 Å². The van der Waals surface area contributed by atoms with Crippen LogP contribution in [0.5, 0.6) is 0 Å². The summed E-state index contributed by atoms with van der Waals surface area (Å²) in [5.41, 5.74) is 0. The lowest BCUT2D eigenvalue weighted by atomic mass is 9.97. The molecule has 2 fully saturated rings. The van der Waals surface area contributed by atoms with Crippen LogP contribution in [0.2, 0.25) is 0 Å². The van der Waals surface area contributed by atoms with E-state index in [0.717, 1.165) is 43.5 Å². The molecule has 1 saturated carbocycles. The molecule has 1 saturated heterocycles. The van der Waals surface area contributed by atoms with Crippen LogP contribution in [-0.4, -0.2) is 40.8 Å². The van der Waals surface area contributed by atoms with Gasteiger partial charge in [-0.1, -0.05) is 6.92 Å². The molecule has 2 N–H and O–H groups in total. The van der Waals surface area contributed by atoms with Crippen molar-refractivity contribution in [2.45, 2.75) is 45.1 Å². The molecular formula is C15H24N4O. The number of aliphatic hydroxyl groups is 1. The molecule has 0 bridgehead atoms. The van der Waals surface area contributed by atoms with E-state index in [2.05, 4.69) is 29.0 Å². The van der Waals surface area contributed by atoms with E-state index in [1.165, 1.54) is 12.8 Å². The Morgan fingerprint density at radius 2 is 2.15 bits per heavy atom. The zero-order chi connectivity index (χ0) is 14.1. The molecule has 0 spiro atoms. The average molecular weight is 276 g/mol. The molecule has 0 amide bonds. The van der Waals surface area contributed by atoms with Crippen molar-refractivity contribution in [2.24, 2.45) is 5.92 Å². The van der Waals surface area contributed by atoms with E-state index in [4.69, 9.17) is 4.98 Å². The van der Waals surface area contributed by atoms with Gasteiger partial charge in [-0.15, -0.1) is 0 Å². The normalized spacial score (nSPS) is 26.6.